The van der Waals surface area contributed by atoms with Gasteiger partial charge in [-0.2, -0.15) is 0 Å². The molecular weight excluding hydrogens is 415 g/mol. The highest BCUT2D eigenvalue weighted by molar-refractivity contribution is 6.35. The van der Waals surface area contributed by atoms with Gasteiger partial charge in [-0.15, -0.1) is 0 Å². The maximum Gasteiger partial charge on any atom is 0.276 e. The molecular formula is C21H24Cl2N2O4. The summed E-state index contributed by atoms with van der Waals surface area (Å²) in [7, 11) is 0. The Balaban J connectivity index is 1.64. The number of hydrazine groups is 1. The van der Waals surface area contributed by atoms with Crippen molar-refractivity contribution in [2.45, 2.75) is 32.6 Å². The Morgan fingerprint density at radius 3 is 2.41 bits per heavy atom. The minimum atomic E-state index is -0.443. The predicted octanol–water partition coefficient (Wildman–Crippen LogP) is 4.50. The van der Waals surface area contributed by atoms with Crippen LogP contribution in [0.1, 0.15) is 38.2 Å². The van der Waals surface area contributed by atoms with Crippen molar-refractivity contribution in [3.05, 3.63) is 58.1 Å². The van der Waals surface area contributed by atoms with Crippen LogP contribution in [0.4, 0.5) is 0 Å². The number of para-hydroxylation sites is 1. The molecule has 2 rings (SSSR count). The molecule has 0 aliphatic carbocycles. The van der Waals surface area contributed by atoms with Crippen molar-refractivity contribution in [2.24, 2.45) is 0 Å². The summed E-state index contributed by atoms with van der Waals surface area (Å²) in [4.78, 5) is 23.7. The van der Waals surface area contributed by atoms with E-state index in [4.69, 9.17) is 32.7 Å². The maximum absolute atomic E-state index is 11.9. The second-order valence-electron chi connectivity index (χ2n) is 6.60. The standard InChI is InChI=1S/C21H24Cl2N2O4/c1-14(2)16-6-3-4-7-18(16)29-13-21(27)25-24-20(26)8-5-11-28-19-10-9-15(22)12-17(19)23/h3-4,6-7,9-10,12,14H,5,8,11,13H2,1-2H3,(H,24,26)(H,25,27). The molecule has 0 radical (unpaired) electrons. The number of rotatable bonds is 9. The topological polar surface area (TPSA) is 76.7 Å². The first-order valence-electron chi connectivity index (χ1n) is 9.24. The third-order valence-electron chi connectivity index (χ3n) is 3.94. The molecule has 0 aliphatic heterocycles. The Bertz CT molecular complexity index is 843. The second-order valence-corrected chi connectivity index (χ2v) is 7.45. The first-order chi connectivity index (χ1) is 13.9. The summed E-state index contributed by atoms with van der Waals surface area (Å²) in [5, 5.41) is 0.933. The van der Waals surface area contributed by atoms with E-state index in [9.17, 15) is 9.59 Å². The molecule has 0 saturated carbocycles. The lowest BCUT2D eigenvalue weighted by Crippen LogP contribution is -2.43. The van der Waals surface area contributed by atoms with Gasteiger partial charge in [0.15, 0.2) is 6.61 Å². The van der Waals surface area contributed by atoms with Gasteiger partial charge < -0.3 is 9.47 Å². The Kier molecular flexibility index (Phi) is 9.09. The molecule has 156 valence electrons. The van der Waals surface area contributed by atoms with E-state index in [0.717, 1.165) is 5.56 Å². The first kappa shape index (κ1) is 22.8. The van der Waals surface area contributed by atoms with Crippen molar-refractivity contribution in [3.63, 3.8) is 0 Å². The zero-order valence-corrected chi connectivity index (χ0v) is 17.8. The molecule has 2 aromatic carbocycles. The van der Waals surface area contributed by atoms with E-state index in [1.807, 2.05) is 38.1 Å². The zero-order valence-electron chi connectivity index (χ0n) is 16.3. The van der Waals surface area contributed by atoms with Gasteiger partial charge in [0.05, 0.1) is 11.6 Å². The van der Waals surface area contributed by atoms with Crippen LogP contribution in [0.2, 0.25) is 10.0 Å². The molecule has 0 fully saturated rings. The van der Waals surface area contributed by atoms with E-state index < -0.39 is 5.91 Å². The summed E-state index contributed by atoms with van der Waals surface area (Å²) >= 11 is 11.8. The van der Waals surface area contributed by atoms with Crippen LogP contribution in [0, 0.1) is 0 Å². The molecule has 0 atom stereocenters. The lowest BCUT2D eigenvalue weighted by atomic mass is 10.0. The van der Waals surface area contributed by atoms with Crippen molar-refractivity contribution in [3.8, 4) is 11.5 Å². The van der Waals surface area contributed by atoms with E-state index >= 15 is 0 Å². The Morgan fingerprint density at radius 2 is 1.69 bits per heavy atom. The summed E-state index contributed by atoms with van der Waals surface area (Å²) < 4.78 is 11.1. The smallest absolute Gasteiger partial charge is 0.276 e. The predicted molar refractivity (Wildman–Crippen MR) is 114 cm³/mol. The molecule has 0 bridgehead atoms. The molecule has 0 spiro atoms. The summed E-state index contributed by atoms with van der Waals surface area (Å²) in [6.45, 7) is 4.21. The van der Waals surface area contributed by atoms with E-state index in [0.29, 0.717) is 34.6 Å². The number of hydrogen-bond acceptors (Lipinski definition) is 4. The van der Waals surface area contributed by atoms with Gasteiger partial charge in [-0.1, -0.05) is 55.2 Å². The van der Waals surface area contributed by atoms with E-state index in [1.165, 1.54) is 0 Å². The SMILES string of the molecule is CC(C)c1ccccc1OCC(=O)NNC(=O)CCCOc1ccc(Cl)cc1Cl. The number of carbonyl (C=O) groups is 2. The summed E-state index contributed by atoms with van der Waals surface area (Å²) in [5.41, 5.74) is 5.71. The zero-order chi connectivity index (χ0) is 21.2. The van der Waals surface area contributed by atoms with Crippen LogP contribution in [0.25, 0.3) is 0 Å². The average molecular weight is 439 g/mol. The fourth-order valence-corrected chi connectivity index (χ4v) is 2.94. The quantitative estimate of drug-likeness (QED) is 0.446. The highest BCUT2D eigenvalue weighted by Gasteiger charge is 2.10. The monoisotopic (exact) mass is 438 g/mol. The largest absolute Gasteiger partial charge is 0.492 e. The maximum atomic E-state index is 11.9. The number of hydrogen-bond donors (Lipinski definition) is 2. The summed E-state index contributed by atoms with van der Waals surface area (Å²) in [6, 6.07) is 12.5. The summed E-state index contributed by atoms with van der Waals surface area (Å²) in [5.74, 6) is 0.664. The van der Waals surface area contributed by atoms with Crippen LogP contribution in [0.15, 0.2) is 42.5 Å². The van der Waals surface area contributed by atoms with Gasteiger partial charge in [0.2, 0.25) is 5.91 Å². The molecule has 2 aromatic rings. The van der Waals surface area contributed by atoms with Crippen molar-refractivity contribution in [1.29, 1.82) is 0 Å². The van der Waals surface area contributed by atoms with Gasteiger partial charge in [-0.05, 0) is 42.2 Å². The number of halogens is 2. The number of nitrogens with one attached hydrogen (secondary N) is 2. The van der Waals surface area contributed by atoms with Crippen molar-refractivity contribution < 1.29 is 19.1 Å². The third kappa shape index (κ3) is 7.83. The Hall–Kier alpha value is -2.44. The fraction of sp³-hybridized carbons (Fsp3) is 0.333. The van der Waals surface area contributed by atoms with Gasteiger partial charge in [0.25, 0.3) is 5.91 Å². The molecule has 0 unspecified atom stereocenters. The lowest BCUT2D eigenvalue weighted by Gasteiger charge is -2.14. The van der Waals surface area contributed by atoms with Crippen LogP contribution in [-0.4, -0.2) is 25.0 Å². The molecule has 2 N–H and O–H groups in total. The molecule has 0 heterocycles. The molecule has 8 heteroatoms. The third-order valence-corrected chi connectivity index (χ3v) is 4.47. The average Bonchev–Trinajstić information content (AvgIpc) is 2.69. The van der Waals surface area contributed by atoms with Crippen molar-refractivity contribution >= 4 is 35.0 Å². The van der Waals surface area contributed by atoms with Crippen LogP contribution >= 0.6 is 23.2 Å². The minimum Gasteiger partial charge on any atom is -0.492 e. The number of ether oxygens (including phenoxy) is 2. The van der Waals surface area contributed by atoms with Crippen molar-refractivity contribution in [1.82, 2.24) is 10.9 Å². The van der Waals surface area contributed by atoms with E-state index in [2.05, 4.69) is 10.9 Å². The lowest BCUT2D eigenvalue weighted by molar-refractivity contribution is -0.130. The molecule has 6 nitrogen and oxygen atoms in total. The van der Waals surface area contributed by atoms with Crippen LogP contribution in [-0.2, 0) is 9.59 Å². The molecule has 0 aromatic heterocycles. The van der Waals surface area contributed by atoms with Crippen molar-refractivity contribution in [2.75, 3.05) is 13.2 Å². The minimum absolute atomic E-state index is 0.183. The normalized spacial score (nSPS) is 10.5. The molecule has 0 aliphatic rings. The van der Waals surface area contributed by atoms with E-state index in [1.54, 1.807) is 18.2 Å². The van der Waals surface area contributed by atoms with Crippen LogP contribution in [0.5, 0.6) is 11.5 Å². The molecule has 0 saturated heterocycles. The Labute approximate surface area is 180 Å². The molecule has 29 heavy (non-hydrogen) atoms. The second kappa shape index (κ2) is 11.5. The van der Waals surface area contributed by atoms with E-state index in [-0.39, 0.29) is 24.9 Å². The van der Waals surface area contributed by atoms with Gasteiger partial charge in [-0.3, -0.25) is 20.4 Å². The highest BCUT2D eigenvalue weighted by atomic mass is 35.5. The number of carbonyl (C=O) groups excluding carboxylic acids is 2. The van der Waals surface area contributed by atoms with Gasteiger partial charge >= 0.3 is 0 Å². The Morgan fingerprint density at radius 1 is 0.966 bits per heavy atom. The number of amides is 2. The van der Waals surface area contributed by atoms with Gasteiger partial charge in [0, 0.05) is 11.4 Å². The van der Waals surface area contributed by atoms with Gasteiger partial charge in [0.1, 0.15) is 11.5 Å². The van der Waals surface area contributed by atoms with Gasteiger partial charge in [-0.25, -0.2) is 0 Å². The van der Waals surface area contributed by atoms with Crippen LogP contribution in [0.3, 0.4) is 0 Å². The number of benzene rings is 2. The first-order valence-corrected chi connectivity index (χ1v) is 9.99. The summed E-state index contributed by atoms with van der Waals surface area (Å²) in [6.07, 6.45) is 0.640. The van der Waals surface area contributed by atoms with Crippen LogP contribution < -0.4 is 20.3 Å². The fourth-order valence-electron chi connectivity index (χ4n) is 2.48. The molecule has 2 amide bonds. The highest BCUT2D eigenvalue weighted by Crippen LogP contribution is 2.27.